The van der Waals surface area contributed by atoms with Gasteiger partial charge in [-0.2, -0.15) is 0 Å². The number of ether oxygens (including phenoxy) is 1. The second kappa shape index (κ2) is 6.65. The monoisotopic (exact) mass is 326 g/mol. The number of aromatic nitrogens is 2. The third-order valence-electron chi connectivity index (χ3n) is 5.50. The Morgan fingerprint density at radius 1 is 1.04 bits per heavy atom. The molecule has 128 valence electrons. The Balaban J connectivity index is 1.42. The van der Waals surface area contributed by atoms with E-state index in [2.05, 4.69) is 44.9 Å². The summed E-state index contributed by atoms with van der Waals surface area (Å²) in [5, 5.41) is 1.16. The minimum absolute atomic E-state index is 0.419. The van der Waals surface area contributed by atoms with Gasteiger partial charge in [0.2, 0.25) is 0 Å². The Bertz CT molecular complexity index is 685. The molecule has 5 heteroatoms. The molecule has 0 radical (unpaired) electrons. The number of anilines is 1. The Morgan fingerprint density at radius 3 is 2.58 bits per heavy atom. The molecule has 1 aromatic heterocycles. The fourth-order valence-corrected chi connectivity index (χ4v) is 3.92. The number of hydrogen-bond donors (Lipinski definition) is 0. The third kappa shape index (κ3) is 3.23. The van der Waals surface area contributed by atoms with Gasteiger partial charge in [-0.3, -0.25) is 4.90 Å². The normalized spacial score (nSPS) is 22.0. The van der Waals surface area contributed by atoms with Crippen molar-refractivity contribution in [3.8, 4) is 0 Å². The van der Waals surface area contributed by atoms with Gasteiger partial charge in [0.25, 0.3) is 0 Å². The first-order chi connectivity index (χ1) is 11.7. The highest BCUT2D eigenvalue weighted by atomic mass is 16.5. The summed E-state index contributed by atoms with van der Waals surface area (Å²) in [5.74, 6) is 1.08. The van der Waals surface area contributed by atoms with Crippen LogP contribution >= 0.6 is 0 Å². The van der Waals surface area contributed by atoms with E-state index in [9.17, 15) is 0 Å². The van der Waals surface area contributed by atoms with E-state index >= 15 is 0 Å². The smallest absolute Gasteiger partial charge is 0.139 e. The number of benzene rings is 1. The SMILES string of the molecule is CC1(CN2CCN(c3ncnc4ccccc34)CC2)CCOCC1. The summed E-state index contributed by atoms with van der Waals surface area (Å²) in [6.07, 6.45) is 4.06. The summed E-state index contributed by atoms with van der Waals surface area (Å²) in [7, 11) is 0. The molecule has 2 aliphatic heterocycles. The van der Waals surface area contributed by atoms with E-state index in [4.69, 9.17) is 4.74 Å². The molecule has 0 N–H and O–H groups in total. The molecular formula is C19H26N4O. The van der Waals surface area contributed by atoms with Crippen molar-refractivity contribution in [3.05, 3.63) is 30.6 Å². The predicted octanol–water partition coefficient (Wildman–Crippen LogP) is 2.57. The van der Waals surface area contributed by atoms with Crippen LogP contribution in [0.3, 0.4) is 0 Å². The van der Waals surface area contributed by atoms with Gasteiger partial charge in [-0.05, 0) is 30.4 Å². The maximum Gasteiger partial charge on any atom is 0.139 e. The molecule has 3 heterocycles. The molecule has 0 aliphatic carbocycles. The first-order valence-corrected chi connectivity index (χ1v) is 8.98. The van der Waals surface area contributed by atoms with Crippen LogP contribution < -0.4 is 4.90 Å². The van der Waals surface area contributed by atoms with Crippen molar-refractivity contribution < 1.29 is 4.74 Å². The molecule has 4 rings (SSSR count). The molecule has 1 aromatic carbocycles. The van der Waals surface area contributed by atoms with E-state index < -0.39 is 0 Å². The number of rotatable bonds is 3. The summed E-state index contributed by atoms with van der Waals surface area (Å²) in [6, 6.07) is 8.28. The van der Waals surface area contributed by atoms with E-state index in [0.29, 0.717) is 5.41 Å². The highest BCUT2D eigenvalue weighted by Crippen LogP contribution is 2.31. The second-order valence-corrected chi connectivity index (χ2v) is 7.40. The van der Waals surface area contributed by atoms with Crippen molar-refractivity contribution in [2.24, 2.45) is 5.41 Å². The Morgan fingerprint density at radius 2 is 1.79 bits per heavy atom. The maximum atomic E-state index is 5.53. The van der Waals surface area contributed by atoms with Gasteiger partial charge in [-0.25, -0.2) is 9.97 Å². The van der Waals surface area contributed by atoms with Gasteiger partial charge in [0.1, 0.15) is 12.1 Å². The maximum absolute atomic E-state index is 5.53. The number of piperazine rings is 1. The van der Waals surface area contributed by atoms with Crippen LogP contribution in [-0.4, -0.2) is 60.8 Å². The van der Waals surface area contributed by atoms with Gasteiger partial charge in [0, 0.05) is 51.3 Å². The molecule has 2 aliphatic rings. The van der Waals surface area contributed by atoms with E-state index in [-0.39, 0.29) is 0 Å². The van der Waals surface area contributed by atoms with Crippen molar-refractivity contribution >= 4 is 16.7 Å². The van der Waals surface area contributed by atoms with Gasteiger partial charge in [-0.15, -0.1) is 0 Å². The Hall–Kier alpha value is -1.72. The van der Waals surface area contributed by atoms with Crippen molar-refractivity contribution in [2.45, 2.75) is 19.8 Å². The van der Waals surface area contributed by atoms with Crippen LogP contribution in [0.15, 0.2) is 30.6 Å². The average Bonchev–Trinajstić information content (AvgIpc) is 2.62. The van der Waals surface area contributed by atoms with Crippen LogP contribution in [0.4, 0.5) is 5.82 Å². The van der Waals surface area contributed by atoms with Crippen molar-refractivity contribution in [2.75, 3.05) is 50.8 Å². The Labute approximate surface area is 143 Å². The largest absolute Gasteiger partial charge is 0.381 e. The van der Waals surface area contributed by atoms with Crippen LogP contribution in [0, 0.1) is 5.41 Å². The van der Waals surface area contributed by atoms with E-state index in [1.807, 2.05) is 6.07 Å². The van der Waals surface area contributed by atoms with E-state index in [1.54, 1.807) is 6.33 Å². The van der Waals surface area contributed by atoms with Crippen LogP contribution in [0.25, 0.3) is 10.9 Å². The van der Waals surface area contributed by atoms with Crippen molar-refractivity contribution in [1.29, 1.82) is 0 Å². The van der Waals surface area contributed by atoms with Crippen LogP contribution in [0.5, 0.6) is 0 Å². The minimum atomic E-state index is 0.419. The van der Waals surface area contributed by atoms with Crippen molar-refractivity contribution in [3.63, 3.8) is 0 Å². The molecule has 2 fully saturated rings. The molecule has 0 bridgehead atoms. The second-order valence-electron chi connectivity index (χ2n) is 7.40. The molecular weight excluding hydrogens is 300 g/mol. The standard InChI is InChI=1S/C19H26N4O/c1-19(6-12-24-13-7-19)14-22-8-10-23(11-9-22)18-16-4-2-3-5-17(16)20-15-21-18/h2-5,15H,6-14H2,1H3. The fourth-order valence-electron chi connectivity index (χ4n) is 3.92. The number of fused-ring (bicyclic) bond motifs is 1. The fraction of sp³-hybridized carbons (Fsp3) is 0.579. The summed E-state index contributed by atoms with van der Waals surface area (Å²) in [5.41, 5.74) is 1.45. The summed E-state index contributed by atoms with van der Waals surface area (Å²) >= 11 is 0. The lowest BCUT2D eigenvalue weighted by molar-refractivity contribution is 0.00425. The van der Waals surface area contributed by atoms with Gasteiger partial charge in [0.15, 0.2) is 0 Å². The summed E-state index contributed by atoms with van der Waals surface area (Å²) in [6.45, 7) is 9.73. The molecule has 0 spiro atoms. The summed E-state index contributed by atoms with van der Waals surface area (Å²) < 4.78 is 5.53. The minimum Gasteiger partial charge on any atom is -0.381 e. The number of para-hydroxylation sites is 1. The van der Waals surface area contributed by atoms with Gasteiger partial charge >= 0.3 is 0 Å². The lowest BCUT2D eigenvalue weighted by Crippen LogP contribution is -2.50. The van der Waals surface area contributed by atoms with Gasteiger partial charge in [0.05, 0.1) is 5.52 Å². The number of nitrogens with zero attached hydrogens (tertiary/aromatic N) is 4. The number of hydrogen-bond acceptors (Lipinski definition) is 5. The molecule has 0 saturated carbocycles. The lowest BCUT2D eigenvalue weighted by atomic mass is 9.82. The van der Waals surface area contributed by atoms with Crippen LogP contribution in [-0.2, 0) is 4.74 Å². The zero-order valence-corrected chi connectivity index (χ0v) is 14.4. The molecule has 24 heavy (non-hydrogen) atoms. The lowest BCUT2D eigenvalue weighted by Gasteiger charge is -2.42. The van der Waals surface area contributed by atoms with Crippen molar-refractivity contribution in [1.82, 2.24) is 14.9 Å². The van der Waals surface area contributed by atoms with Crippen LogP contribution in [0.1, 0.15) is 19.8 Å². The quantitative estimate of drug-likeness (QED) is 0.867. The van der Waals surface area contributed by atoms with Gasteiger partial charge in [-0.1, -0.05) is 19.1 Å². The highest BCUT2D eigenvalue weighted by molar-refractivity contribution is 5.89. The van der Waals surface area contributed by atoms with Gasteiger partial charge < -0.3 is 9.64 Å². The van der Waals surface area contributed by atoms with E-state index in [1.165, 1.54) is 19.4 Å². The third-order valence-corrected chi connectivity index (χ3v) is 5.50. The molecule has 5 nitrogen and oxygen atoms in total. The molecule has 0 unspecified atom stereocenters. The zero-order chi connectivity index (χ0) is 16.4. The Kier molecular flexibility index (Phi) is 4.37. The van der Waals surface area contributed by atoms with E-state index in [0.717, 1.165) is 56.1 Å². The zero-order valence-electron chi connectivity index (χ0n) is 14.4. The first kappa shape index (κ1) is 15.8. The molecule has 0 amide bonds. The summed E-state index contributed by atoms with van der Waals surface area (Å²) in [4.78, 5) is 14.0. The molecule has 0 atom stereocenters. The first-order valence-electron chi connectivity index (χ1n) is 8.98. The topological polar surface area (TPSA) is 41.5 Å². The van der Waals surface area contributed by atoms with Crippen LogP contribution in [0.2, 0.25) is 0 Å². The molecule has 2 aromatic rings. The molecule has 2 saturated heterocycles. The predicted molar refractivity (Wildman–Crippen MR) is 96.4 cm³/mol. The highest BCUT2D eigenvalue weighted by Gasteiger charge is 2.31. The average molecular weight is 326 g/mol.